The Balaban J connectivity index is 1.62. The maximum Gasteiger partial charge on any atom is 0.0823 e. The van der Waals surface area contributed by atoms with Crippen molar-refractivity contribution in [3.05, 3.63) is 0 Å². The van der Waals surface area contributed by atoms with Crippen LogP contribution in [0.15, 0.2) is 0 Å². The SMILES string of the molecule is NCCCCCSN(OCCN1CCOCC1)C1CCCC1. The summed E-state index contributed by atoms with van der Waals surface area (Å²) in [5.41, 5.74) is 5.55. The van der Waals surface area contributed by atoms with Gasteiger partial charge in [0.25, 0.3) is 0 Å². The van der Waals surface area contributed by atoms with Gasteiger partial charge in [0.15, 0.2) is 0 Å². The minimum Gasteiger partial charge on any atom is -0.379 e. The maximum absolute atomic E-state index is 6.12. The molecule has 0 unspecified atom stereocenters. The molecule has 1 saturated heterocycles. The van der Waals surface area contributed by atoms with Crippen LogP contribution in [0.3, 0.4) is 0 Å². The van der Waals surface area contributed by atoms with E-state index in [1.807, 2.05) is 11.9 Å². The van der Waals surface area contributed by atoms with Crippen LogP contribution in [0.25, 0.3) is 0 Å². The van der Waals surface area contributed by atoms with Crippen LogP contribution in [0.4, 0.5) is 0 Å². The van der Waals surface area contributed by atoms with Crippen molar-refractivity contribution in [3.63, 3.8) is 0 Å². The van der Waals surface area contributed by atoms with Gasteiger partial charge in [-0.2, -0.15) is 0 Å². The number of nitrogens with zero attached hydrogens (tertiary/aromatic N) is 2. The van der Waals surface area contributed by atoms with E-state index in [-0.39, 0.29) is 0 Å². The van der Waals surface area contributed by atoms with Crippen LogP contribution in [0.1, 0.15) is 44.9 Å². The monoisotopic (exact) mass is 331 g/mol. The summed E-state index contributed by atoms with van der Waals surface area (Å²) >= 11 is 1.88. The van der Waals surface area contributed by atoms with Crippen LogP contribution in [0.2, 0.25) is 0 Å². The Labute approximate surface area is 140 Å². The highest BCUT2D eigenvalue weighted by Gasteiger charge is 2.24. The first kappa shape index (κ1) is 18.5. The molecule has 0 amide bonds. The van der Waals surface area contributed by atoms with Crippen molar-refractivity contribution in [1.29, 1.82) is 0 Å². The van der Waals surface area contributed by atoms with Crippen LogP contribution >= 0.6 is 11.9 Å². The summed E-state index contributed by atoms with van der Waals surface area (Å²) in [5, 5.41) is 0. The second kappa shape index (κ2) is 11.6. The molecule has 5 nitrogen and oxygen atoms in total. The van der Waals surface area contributed by atoms with E-state index in [1.54, 1.807) is 0 Å². The molecule has 2 aliphatic rings. The van der Waals surface area contributed by atoms with Gasteiger partial charge < -0.3 is 10.5 Å². The number of unbranched alkanes of at least 4 members (excludes halogenated alkanes) is 2. The van der Waals surface area contributed by atoms with E-state index in [2.05, 4.69) is 9.37 Å². The van der Waals surface area contributed by atoms with Crippen LogP contribution in [-0.2, 0) is 9.57 Å². The van der Waals surface area contributed by atoms with Crippen molar-refractivity contribution in [2.75, 3.05) is 51.8 Å². The Morgan fingerprint density at radius 1 is 1.14 bits per heavy atom. The highest BCUT2D eigenvalue weighted by molar-refractivity contribution is 7.96. The average Bonchev–Trinajstić information content (AvgIpc) is 3.08. The Morgan fingerprint density at radius 2 is 1.91 bits per heavy atom. The largest absolute Gasteiger partial charge is 0.379 e. The van der Waals surface area contributed by atoms with E-state index in [0.29, 0.717) is 6.04 Å². The first-order valence-electron chi connectivity index (χ1n) is 8.95. The van der Waals surface area contributed by atoms with Crippen molar-refractivity contribution in [2.24, 2.45) is 5.73 Å². The van der Waals surface area contributed by atoms with Crippen molar-refractivity contribution in [1.82, 2.24) is 9.37 Å². The Bertz CT molecular complexity index is 272. The fourth-order valence-electron chi connectivity index (χ4n) is 3.03. The van der Waals surface area contributed by atoms with E-state index in [1.165, 1.54) is 38.5 Å². The average molecular weight is 332 g/mol. The van der Waals surface area contributed by atoms with Gasteiger partial charge in [0, 0.05) is 31.4 Å². The summed E-state index contributed by atoms with van der Waals surface area (Å²) < 4.78 is 7.61. The van der Waals surface area contributed by atoms with E-state index in [0.717, 1.165) is 58.2 Å². The Kier molecular flexibility index (Phi) is 9.79. The van der Waals surface area contributed by atoms with Crippen LogP contribution < -0.4 is 5.73 Å². The molecular formula is C16H33N3O2S. The molecule has 1 heterocycles. The van der Waals surface area contributed by atoms with Gasteiger partial charge in [0.05, 0.1) is 19.8 Å². The van der Waals surface area contributed by atoms with Gasteiger partial charge in [-0.05, 0) is 32.2 Å². The second-order valence-electron chi connectivity index (χ2n) is 6.19. The van der Waals surface area contributed by atoms with E-state index < -0.39 is 0 Å². The predicted octanol–water partition coefficient (Wildman–Crippen LogP) is 2.27. The Morgan fingerprint density at radius 3 is 2.64 bits per heavy atom. The molecule has 1 saturated carbocycles. The van der Waals surface area contributed by atoms with Gasteiger partial charge in [0.1, 0.15) is 0 Å². The number of rotatable bonds is 11. The molecule has 22 heavy (non-hydrogen) atoms. The lowest BCUT2D eigenvalue weighted by Crippen LogP contribution is -2.39. The molecule has 0 aromatic carbocycles. The summed E-state index contributed by atoms with van der Waals surface area (Å²) in [7, 11) is 0. The number of nitrogens with two attached hydrogens (primary N) is 1. The summed E-state index contributed by atoms with van der Waals surface area (Å²) in [6, 6.07) is 0.615. The highest BCUT2D eigenvalue weighted by atomic mass is 32.2. The van der Waals surface area contributed by atoms with Crippen molar-refractivity contribution >= 4 is 11.9 Å². The van der Waals surface area contributed by atoms with Crippen molar-refractivity contribution < 1.29 is 9.57 Å². The topological polar surface area (TPSA) is 51.0 Å². The van der Waals surface area contributed by atoms with E-state index >= 15 is 0 Å². The van der Waals surface area contributed by atoms with Crippen molar-refractivity contribution in [3.8, 4) is 0 Å². The lowest BCUT2D eigenvalue weighted by atomic mass is 10.2. The summed E-state index contributed by atoms with van der Waals surface area (Å²) in [5.74, 6) is 1.15. The smallest absolute Gasteiger partial charge is 0.0823 e. The van der Waals surface area contributed by atoms with Gasteiger partial charge in [-0.3, -0.25) is 9.74 Å². The normalized spacial score (nSPS) is 21.0. The van der Waals surface area contributed by atoms with Gasteiger partial charge in [-0.25, -0.2) is 0 Å². The molecule has 0 atom stereocenters. The van der Waals surface area contributed by atoms with Crippen LogP contribution in [-0.4, -0.2) is 67.2 Å². The highest BCUT2D eigenvalue weighted by Crippen LogP contribution is 2.29. The minimum absolute atomic E-state index is 0.615. The third-order valence-corrected chi connectivity index (χ3v) is 5.55. The summed E-state index contributed by atoms with van der Waals surface area (Å²) in [6.07, 6.45) is 8.87. The molecule has 1 aliphatic heterocycles. The fraction of sp³-hybridized carbons (Fsp3) is 1.00. The first-order valence-corrected chi connectivity index (χ1v) is 9.89. The molecule has 1 aliphatic carbocycles. The Hall–Kier alpha value is 0.150. The van der Waals surface area contributed by atoms with Crippen LogP contribution in [0, 0.1) is 0 Å². The minimum atomic E-state index is 0.615. The molecule has 130 valence electrons. The number of hydrogen-bond acceptors (Lipinski definition) is 6. The van der Waals surface area contributed by atoms with Gasteiger partial charge in [-0.1, -0.05) is 31.2 Å². The first-order chi connectivity index (χ1) is 10.9. The molecule has 2 rings (SSSR count). The molecule has 0 radical (unpaired) electrons. The van der Waals surface area contributed by atoms with Gasteiger partial charge >= 0.3 is 0 Å². The third-order valence-electron chi connectivity index (χ3n) is 4.42. The predicted molar refractivity (Wildman–Crippen MR) is 92.7 cm³/mol. The second-order valence-corrected chi connectivity index (χ2v) is 7.22. The zero-order valence-electron chi connectivity index (χ0n) is 13.9. The van der Waals surface area contributed by atoms with Crippen LogP contribution in [0.5, 0.6) is 0 Å². The van der Waals surface area contributed by atoms with Crippen molar-refractivity contribution in [2.45, 2.75) is 51.0 Å². The molecule has 0 bridgehead atoms. The standard InChI is InChI=1S/C16H33N3O2S/c17-8-4-1-5-15-22-19(16-6-2-3-7-16)21-14-11-18-9-12-20-13-10-18/h16H,1-15,17H2. The zero-order chi connectivity index (χ0) is 15.5. The number of hydroxylamine groups is 1. The fourth-order valence-corrected chi connectivity index (χ4v) is 4.11. The van der Waals surface area contributed by atoms with E-state index in [4.69, 9.17) is 15.3 Å². The third kappa shape index (κ3) is 7.15. The lowest BCUT2D eigenvalue weighted by molar-refractivity contribution is -0.110. The number of morpholine rings is 1. The maximum atomic E-state index is 6.12. The number of ether oxygens (including phenoxy) is 1. The molecule has 6 heteroatoms. The lowest BCUT2D eigenvalue weighted by Gasteiger charge is -2.30. The molecule has 2 N–H and O–H groups in total. The summed E-state index contributed by atoms with van der Waals surface area (Å²) in [6.45, 7) is 6.43. The summed E-state index contributed by atoms with van der Waals surface area (Å²) in [4.78, 5) is 8.56. The zero-order valence-corrected chi connectivity index (χ0v) is 14.7. The molecule has 0 spiro atoms. The molecular weight excluding hydrogens is 298 g/mol. The quantitative estimate of drug-likeness (QED) is 0.356. The van der Waals surface area contributed by atoms with Gasteiger partial charge in [-0.15, -0.1) is 4.47 Å². The molecule has 0 aromatic heterocycles. The van der Waals surface area contributed by atoms with E-state index in [9.17, 15) is 0 Å². The molecule has 2 fully saturated rings. The van der Waals surface area contributed by atoms with Gasteiger partial charge in [0.2, 0.25) is 0 Å². The molecule has 0 aromatic rings. The number of hydrogen-bond donors (Lipinski definition) is 1.